The summed E-state index contributed by atoms with van der Waals surface area (Å²) >= 11 is 0. The fourth-order valence-electron chi connectivity index (χ4n) is 2.88. The SMILES string of the molecule is C=CCCCCCCCC.CCCCCCCCCCCC(=O)OCC. The molecule has 0 amide bonds. The Morgan fingerprint density at radius 1 is 0.692 bits per heavy atom. The average Bonchev–Trinajstić information content (AvgIpc) is 2.64. The van der Waals surface area contributed by atoms with Crippen molar-refractivity contribution in [3.05, 3.63) is 12.7 Å². The Kier molecular flexibility index (Phi) is 27.9. The molecule has 156 valence electrons. The van der Waals surface area contributed by atoms with E-state index in [1.165, 1.54) is 96.3 Å². The largest absolute Gasteiger partial charge is 0.466 e. The molecule has 0 saturated heterocycles. The number of carbonyl (C=O) groups is 1. The lowest BCUT2D eigenvalue weighted by atomic mass is 10.1. The summed E-state index contributed by atoms with van der Waals surface area (Å²) in [5, 5.41) is 0. The number of ether oxygens (including phenoxy) is 1. The third-order valence-electron chi connectivity index (χ3n) is 4.55. The predicted molar refractivity (Wildman–Crippen MR) is 117 cm³/mol. The number of esters is 1. The Labute approximate surface area is 165 Å². The zero-order valence-corrected chi connectivity index (χ0v) is 18.3. The molecule has 26 heavy (non-hydrogen) atoms. The van der Waals surface area contributed by atoms with Gasteiger partial charge in [0.2, 0.25) is 0 Å². The summed E-state index contributed by atoms with van der Waals surface area (Å²) in [7, 11) is 0. The van der Waals surface area contributed by atoms with Gasteiger partial charge in [-0.1, -0.05) is 103 Å². The second kappa shape index (κ2) is 26.4. The van der Waals surface area contributed by atoms with Gasteiger partial charge in [0.25, 0.3) is 0 Å². The fourth-order valence-corrected chi connectivity index (χ4v) is 2.88. The minimum absolute atomic E-state index is 0.0366. The van der Waals surface area contributed by atoms with Crippen LogP contribution in [0.5, 0.6) is 0 Å². The van der Waals surface area contributed by atoms with Crippen LogP contribution in [0.15, 0.2) is 12.7 Å². The summed E-state index contributed by atoms with van der Waals surface area (Å²) in [4.78, 5) is 11.0. The van der Waals surface area contributed by atoms with Crippen molar-refractivity contribution in [3.63, 3.8) is 0 Å². The molecular formula is C24H48O2. The quantitative estimate of drug-likeness (QED) is 0.138. The molecule has 0 heterocycles. The minimum atomic E-state index is -0.0366. The number of rotatable bonds is 18. The number of unbranched alkanes of at least 4 members (excludes halogenated alkanes) is 14. The van der Waals surface area contributed by atoms with Crippen LogP contribution in [0.3, 0.4) is 0 Å². The lowest BCUT2D eigenvalue weighted by Gasteiger charge is -2.02. The summed E-state index contributed by atoms with van der Waals surface area (Å²) in [6.07, 6.45) is 23.7. The van der Waals surface area contributed by atoms with Crippen LogP contribution in [0, 0.1) is 0 Å². The first-order chi connectivity index (χ1) is 12.7. The highest BCUT2D eigenvalue weighted by molar-refractivity contribution is 5.69. The van der Waals surface area contributed by atoms with Crippen molar-refractivity contribution in [3.8, 4) is 0 Å². The highest BCUT2D eigenvalue weighted by Crippen LogP contribution is 2.10. The second-order valence-corrected chi connectivity index (χ2v) is 7.23. The van der Waals surface area contributed by atoms with Crippen LogP contribution in [-0.4, -0.2) is 12.6 Å². The fraction of sp³-hybridized carbons (Fsp3) is 0.875. The van der Waals surface area contributed by atoms with Gasteiger partial charge in [-0.2, -0.15) is 0 Å². The zero-order chi connectivity index (χ0) is 19.7. The Morgan fingerprint density at radius 3 is 1.54 bits per heavy atom. The topological polar surface area (TPSA) is 26.3 Å². The maximum atomic E-state index is 11.0. The number of allylic oxidation sites excluding steroid dienone is 1. The molecule has 0 fully saturated rings. The third kappa shape index (κ3) is 28.0. The normalized spacial score (nSPS) is 10.1. The van der Waals surface area contributed by atoms with Gasteiger partial charge in [-0.15, -0.1) is 6.58 Å². The smallest absolute Gasteiger partial charge is 0.305 e. The van der Waals surface area contributed by atoms with Gasteiger partial charge in [-0.25, -0.2) is 0 Å². The monoisotopic (exact) mass is 368 g/mol. The highest BCUT2D eigenvalue weighted by atomic mass is 16.5. The molecule has 0 aliphatic rings. The first-order valence-corrected chi connectivity index (χ1v) is 11.5. The van der Waals surface area contributed by atoms with E-state index in [9.17, 15) is 4.79 Å². The van der Waals surface area contributed by atoms with E-state index in [4.69, 9.17) is 4.74 Å². The molecule has 2 nitrogen and oxygen atoms in total. The summed E-state index contributed by atoms with van der Waals surface area (Å²) in [6.45, 7) is 10.6. The molecule has 0 saturated carbocycles. The van der Waals surface area contributed by atoms with Gasteiger partial charge in [0.15, 0.2) is 0 Å². The van der Waals surface area contributed by atoms with Crippen molar-refractivity contribution in [2.75, 3.05) is 6.61 Å². The van der Waals surface area contributed by atoms with E-state index < -0.39 is 0 Å². The predicted octanol–water partition coefficient (Wildman–Crippen LogP) is 8.39. The molecule has 0 aromatic carbocycles. The molecule has 0 aliphatic carbocycles. The molecule has 2 heteroatoms. The van der Waals surface area contributed by atoms with Crippen molar-refractivity contribution in [1.29, 1.82) is 0 Å². The number of hydrogen-bond acceptors (Lipinski definition) is 2. The average molecular weight is 369 g/mol. The molecule has 0 N–H and O–H groups in total. The molecule has 0 unspecified atom stereocenters. The maximum absolute atomic E-state index is 11.0. The molecule has 0 atom stereocenters. The van der Waals surface area contributed by atoms with Crippen LogP contribution in [0.25, 0.3) is 0 Å². The lowest BCUT2D eigenvalue weighted by molar-refractivity contribution is -0.143. The van der Waals surface area contributed by atoms with Gasteiger partial charge < -0.3 is 4.74 Å². The first kappa shape index (κ1) is 27.4. The van der Waals surface area contributed by atoms with Crippen LogP contribution < -0.4 is 0 Å². The maximum Gasteiger partial charge on any atom is 0.305 e. The molecule has 0 spiro atoms. The molecule has 0 aromatic rings. The van der Waals surface area contributed by atoms with E-state index in [2.05, 4.69) is 20.4 Å². The van der Waals surface area contributed by atoms with Crippen LogP contribution >= 0.6 is 0 Å². The summed E-state index contributed by atoms with van der Waals surface area (Å²) in [6, 6.07) is 0. The Bertz CT molecular complexity index is 273. The summed E-state index contributed by atoms with van der Waals surface area (Å²) < 4.78 is 4.87. The molecule has 0 aromatic heterocycles. The number of carbonyl (C=O) groups excluding carboxylic acids is 1. The highest BCUT2D eigenvalue weighted by Gasteiger charge is 2.00. The molecule has 0 radical (unpaired) electrons. The van der Waals surface area contributed by atoms with E-state index in [0.717, 1.165) is 6.42 Å². The zero-order valence-electron chi connectivity index (χ0n) is 18.3. The van der Waals surface area contributed by atoms with Crippen LogP contribution in [-0.2, 0) is 9.53 Å². The molecule has 0 bridgehead atoms. The van der Waals surface area contributed by atoms with Gasteiger partial charge in [0, 0.05) is 6.42 Å². The van der Waals surface area contributed by atoms with Gasteiger partial charge in [0.05, 0.1) is 6.61 Å². The Morgan fingerprint density at radius 2 is 1.12 bits per heavy atom. The van der Waals surface area contributed by atoms with Gasteiger partial charge in [0.1, 0.15) is 0 Å². The van der Waals surface area contributed by atoms with Crippen molar-refractivity contribution < 1.29 is 9.53 Å². The number of hydrogen-bond donors (Lipinski definition) is 0. The molecule has 0 rings (SSSR count). The third-order valence-corrected chi connectivity index (χ3v) is 4.55. The van der Waals surface area contributed by atoms with Gasteiger partial charge >= 0.3 is 5.97 Å². The molecular weight excluding hydrogens is 320 g/mol. The van der Waals surface area contributed by atoms with Crippen LogP contribution in [0.2, 0.25) is 0 Å². The van der Waals surface area contributed by atoms with E-state index in [1.807, 2.05) is 13.0 Å². The van der Waals surface area contributed by atoms with Gasteiger partial charge in [-0.3, -0.25) is 4.79 Å². The second-order valence-electron chi connectivity index (χ2n) is 7.23. The summed E-state index contributed by atoms with van der Waals surface area (Å²) in [5.74, 6) is -0.0366. The first-order valence-electron chi connectivity index (χ1n) is 11.5. The van der Waals surface area contributed by atoms with E-state index in [0.29, 0.717) is 13.0 Å². The lowest BCUT2D eigenvalue weighted by Crippen LogP contribution is -2.03. The van der Waals surface area contributed by atoms with Gasteiger partial charge in [-0.05, 0) is 26.2 Å². The van der Waals surface area contributed by atoms with E-state index in [-0.39, 0.29) is 5.97 Å². The standard InChI is InChI=1S/C14H28O2.C10H20/c1-3-5-6-7-8-9-10-11-12-13-14(15)16-4-2;1-3-5-7-9-10-8-6-4-2/h3-13H2,1-2H3;3H,1,4-10H2,2H3. The van der Waals surface area contributed by atoms with Crippen LogP contribution in [0.4, 0.5) is 0 Å². The van der Waals surface area contributed by atoms with E-state index >= 15 is 0 Å². The minimum Gasteiger partial charge on any atom is -0.466 e. The van der Waals surface area contributed by atoms with E-state index in [1.54, 1.807) is 0 Å². The van der Waals surface area contributed by atoms with Crippen molar-refractivity contribution >= 4 is 5.97 Å². The Hall–Kier alpha value is -0.790. The molecule has 0 aliphatic heterocycles. The Balaban J connectivity index is 0. The van der Waals surface area contributed by atoms with Crippen molar-refractivity contribution in [2.24, 2.45) is 0 Å². The van der Waals surface area contributed by atoms with Crippen molar-refractivity contribution in [2.45, 2.75) is 130 Å². The summed E-state index contributed by atoms with van der Waals surface area (Å²) in [5.41, 5.74) is 0. The van der Waals surface area contributed by atoms with Crippen LogP contribution in [0.1, 0.15) is 130 Å². The van der Waals surface area contributed by atoms with Crippen molar-refractivity contribution in [1.82, 2.24) is 0 Å².